The second kappa shape index (κ2) is 14.5. The molecule has 0 amide bonds. The minimum atomic E-state index is -2.30. The molecule has 0 saturated carbocycles. The van der Waals surface area contributed by atoms with Gasteiger partial charge in [0, 0.05) is 50.4 Å². The molecule has 8 rings (SSSR count). The molecule has 4 aromatic carbocycles. The van der Waals surface area contributed by atoms with Crippen LogP contribution >= 0.6 is 0 Å². The Hall–Kier alpha value is -4.68. The maximum atomic E-state index is 8.75. The number of nitrogens with zero attached hydrogens (tertiary/aromatic N) is 4. The summed E-state index contributed by atoms with van der Waals surface area (Å²) in [4.78, 5) is 13.8. The molecule has 5 nitrogen and oxygen atoms in total. The van der Waals surface area contributed by atoms with Crippen molar-refractivity contribution < 1.29 is 31.4 Å². The smallest absolute Gasteiger partial charge is 0.120 e. The van der Waals surface area contributed by atoms with Gasteiger partial charge in [-0.1, -0.05) is 106 Å². The van der Waals surface area contributed by atoms with E-state index in [1.54, 1.807) is 18.5 Å². The van der Waals surface area contributed by atoms with Gasteiger partial charge in [-0.25, -0.2) is 0 Å². The maximum absolute atomic E-state index is 8.75. The molecule has 8 aromatic rings. The molecule has 4 heterocycles. The van der Waals surface area contributed by atoms with Gasteiger partial charge in [0.05, 0.1) is 36.7 Å². The predicted octanol–water partition coefficient (Wildman–Crippen LogP) is 10.8. The summed E-state index contributed by atoms with van der Waals surface area (Å²) in [5.74, 6) is 0.611. The first kappa shape index (κ1) is 30.0. The Morgan fingerprint density at radius 3 is 2.41 bits per heavy atom. The summed E-state index contributed by atoms with van der Waals surface area (Å²) in [5, 5.41) is 2.42. The maximum Gasteiger partial charge on any atom is 0.120 e. The van der Waals surface area contributed by atoms with Gasteiger partial charge in [0.25, 0.3) is 0 Å². The van der Waals surface area contributed by atoms with Crippen molar-refractivity contribution in [3.05, 3.63) is 139 Å². The van der Waals surface area contributed by atoms with E-state index in [-0.39, 0.29) is 25.7 Å². The Kier molecular flexibility index (Phi) is 8.53. The van der Waals surface area contributed by atoms with Gasteiger partial charge < -0.3 is 14.0 Å². The SMILES string of the molecule is [2H]C([2H])([2H])c1c[c-]c(-c2nc3ccncc3n2-c2ccccc2)c2oc3ccccc3c12.[2H]C([2H])(c1cc(-c2[c-]cccc2)ncc1[Si](C)(C)C)C(C)(C)C.[Ir]. The molecule has 51 heavy (non-hydrogen) atoms. The van der Waals surface area contributed by atoms with Crippen molar-refractivity contribution in [3.63, 3.8) is 0 Å². The number of furan rings is 1. The standard InChI is InChI=1S/C25H16N3O.C19H26NSi.Ir/c1-16-11-12-19(24-23(16)18-9-5-6-10-22(18)29-24)25-27-20-13-14-26-15-21(20)28(25)17-7-3-2-4-8-17;1-19(2,3)13-16-12-17(15-10-8-7-9-11-15)20-14-18(16)21(4,5)6;/h2-11,13-15H,1H3;7-10,12,14H,13H2,1-6H3;/q2*-1;/i1D3;13D2;. The van der Waals surface area contributed by atoms with Gasteiger partial charge in [0.2, 0.25) is 0 Å². The van der Waals surface area contributed by atoms with E-state index in [0.717, 1.165) is 44.1 Å². The molecule has 4 aromatic heterocycles. The molecule has 0 fully saturated rings. The predicted molar refractivity (Wildman–Crippen MR) is 210 cm³/mol. The quantitative estimate of drug-likeness (QED) is 0.128. The number of imidazole rings is 1. The van der Waals surface area contributed by atoms with E-state index < -0.39 is 26.7 Å². The molecule has 1 radical (unpaired) electrons. The van der Waals surface area contributed by atoms with E-state index in [2.05, 4.69) is 41.7 Å². The van der Waals surface area contributed by atoms with Crippen LogP contribution in [0.1, 0.15) is 38.8 Å². The molecule has 0 aliphatic carbocycles. The fourth-order valence-electron chi connectivity index (χ4n) is 6.13. The molecule has 259 valence electrons. The van der Waals surface area contributed by atoms with E-state index in [9.17, 15) is 0 Å². The third kappa shape index (κ3) is 7.52. The van der Waals surface area contributed by atoms with Crippen molar-refractivity contribution in [1.29, 1.82) is 0 Å². The normalized spacial score (nSPS) is 13.7. The van der Waals surface area contributed by atoms with Gasteiger partial charge >= 0.3 is 0 Å². The first-order valence-corrected chi connectivity index (χ1v) is 20.2. The number of hydrogen-bond acceptors (Lipinski definition) is 4. The van der Waals surface area contributed by atoms with Gasteiger partial charge in [-0.3, -0.25) is 9.97 Å². The van der Waals surface area contributed by atoms with Crippen LogP contribution in [-0.2, 0) is 26.5 Å². The number of hydrogen-bond donors (Lipinski definition) is 0. The molecular formula is C44H42IrN4OSi-2. The minimum absolute atomic E-state index is 0. The molecule has 0 atom stereocenters. The van der Waals surface area contributed by atoms with Crippen LogP contribution in [0.2, 0.25) is 19.6 Å². The zero-order chi connectivity index (χ0) is 39.3. The van der Waals surface area contributed by atoms with Crippen LogP contribution in [0.25, 0.3) is 61.3 Å². The number of para-hydroxylation sites is 2. The molecule has 7 heteroatoms. The zero-order valence-corrected chi connectivity index (χ0v) is 32.9. The number of benzene rings is 4. The molecule has 0 N–H and O–H groups in total. The van der Waals surface area contributed by atoms with Crippen LogP contribution in [0.15, 0.2) is 120 Å². The number of pyridine rings is 2. The molecular weight excluding hydrogens is 821 g/mol. The van der Waals surface area contributed by atoms with Crippen LogP contribution in [0.5, 0.6) is 0 Å². The first-order chi connectivity index (χ1) is 26.0. The van der Waals surface area contributed by atoms with E-state index in [1.807, 2.05) is 123 Å². The Labute approximate surface area is 322 Å². The zero-order valence-electron chi connectivity index (χ0n) is 34.5. The summed E-state index contributed by atoms with van der Waals surface area (Å²) < 4.78 is 49.9. The van der Waals surface area contributed by atoms with Crippen LogP contribution in [-0.4, -0.2) is 27.6 Å². The molecule has 0 aliphatic heterocycles. The van der Waals surface area contributed by atoms with Crippen LogP contribution in [0.4, 0.5) is 0 Å². The Morgan fingerprint density at radius 2 is 1.69 bits per heavy atom. The fourth-order valence-corrected chi connectivity index (χ4v) is 7.52. The number of aryl methyl sites for hydroxylation is 1. The van der Waals surface area contributed by atoms with E-state index >= 15 is 0 Å². The molecule has 0 unspecified atom stereocenters. The molecule has 0 bridgehead atoms. The average Bonchev–Trinajstić information content (AvgIpc) is 3.73. The van der Waals surface area contributed by atoms with Gasteiger partial charge in [-0.05, 0) is 46.9 Å². The second-order valence-electron chi connectivity index (χ2n) is 14.4. The molecule has 0 aliphatic rings. The average molecular weight is 868 g/mol. The summed E-state index contributed by atoms with van der Waals surface area (Å²) >= 11 is 0. The third-order valence-electron chi connectivity index (χ3n) is 8.35. The van der Waals surface area contributed by atoms with Crippen LogP contribution < -0.4 is 5.19 Å². The van der Waals surface area contributed by atoms with Crippen molar-refractivity contribution >= 4 is 46.2 Å². The van der Waals surface area contributed by atoms with E-state index in [1.165, 1.54) is 0 Å². The third-order valence-corrected chi connectivity index (χ3v) is 10.4. The number of fused-ring (bicyclic) bond motifs is 4. The van der Waals surface area contributed by atoms with Gasteiger partial charge in [-0.2, -0.15) is 0 Å². The van der Waals surface area contributed by atoms with Crippen LogP contribution in [0, 0.1) is 24.4 Å². The van der Waals surface area contributed by atoms with Gasteiger partial charge in [0.15, 0.2) is 0 Å². The monoisotopic (exact) mass is 868 g/mol. The minimum Gasteiger partial charge on any atom is -0.501 e. The van der Waals surface area contributed by atoms with Crippen molar-refractivity contribution in [3.8, 4) is 28.3 Å². The molecule has 0 saturated heterocycles. The van der Waals surface area contributed by atoms with Gasteiger partial charge in [-0.15, -0.1) is 53.6 Å². The van der Waals surface area contributed by atoms with E-state index in [0.29, 0.717) is 27.9 Å². The second-order valence-corrected chi connectivity index (χ2v) is 19.4. The summed E-state index contributed by atoms with van der Waals surface area (Å²) in [6.45, 7) is 10.3. The summed E-state index contributed by atoms with van der Waals surface area (Å²) in [6, 6.07) is 36.7. The Morgan fingerprint density at radius 1 is 0.922 bits per heavy atom. The van der Waals surface area contributed by atoms with Crippen molar-refractivity contribution in [2.75, 3.05) is 0 Å². The van der Waals surface area contributed by atoms with Gasteiger partial charge in [0.1, 0.15) is 5.58 Å². The topological polar surface area (TPSA) is 56.7 Å². The first-order valence-electron chi connectivity index (χ1n) is 19.2. The Balaban J connectivity index is 0.000000198. The van der Waals surface area contributed by atoms with Crippen molar-refractivity contribution in [2.45, 2.75) is 53.6 Å². The fraction of sp³-hybridized carbons (Fsp3) is 0.205. The summed E-state index contributed by atoms with van der Waals surface area (Å²) in [6.07, 6.45) is 3.94. The Bertz CT molecular complexity index is 2650. The number of rotatable bonds is 5. The van der Waals surface area contributed by atoms with Crippen molar-refractivity contribution in [1.82, 2.24) is 19.5 Å². The largest absolute Gasteiger partial charge is 0.501 e. The summed E-state index contributed by atoms with van der Waals surface area (Å²) in [7, 11) is -1.70. The number of aromatic nitrogens is 4. The van der Waals surface area contributed by atoms with Crippen molar-refractivity contribution in [2.24, 2.45) is 5.41 Å². The summed E-state index contributed by atoms with van der Waals surface area (Å²) in [5.41, 5.74) is 6.41. The van der Waals surface area contributed by atoms with Crippen LogP contribution in [0.3, 0.4) is 0 Å². The molecule has 0 spiro atoms. The van der Waals surface area contributed by atoms with E-state index in [4.69, 9.17) is 16.3 Å².